The molecule has 0 amide bonds. The summed E-state index contributed by atoms with van der Waals surface area (Å²) in [6, 6.07) is 5.84. The molecular formula is C14H15NO3. The minimum Gasteiger partial charge on any atom is -0.458 e. The van der Waals surface area contributed by atoms with Crippen molar-refractivity contribution in [3.8, 4) is 5.75 Å². The Balaban J connectivity index is 2.62. The number of allylic oxidation sites excluding steroid dienone is 3. The molecule has 4 nitrogen and oxygen atoms in total. The van der Waals surface area contributed by atoms with Crippen LogP contribution < -0.4 is 4.74 Å². The Morgan fingerprint density at radius 1 is 1.33 bits per heavy atom. The van der Waals surface area contributed by atoms with Gasteiger partial charge in [0.05, 0.1) is 4.92 Å². The van der Waals surface area contributed by atoms with Crippen molar-refractivity contribution >= 4 is 5.69 Å². The maximum absolute atomic E-state index is 10.5. The average Bonchev–Trinajstić information content (AvgIpc) is 2.36. The van der Waals surface area contributed by atoms with Gasteiger partial charge in [0.25, 0.3) is 5.69 Å². The van der Waals surface area contributed by atoms with Crippen LogP contribution in [0.4, 0.5) is 5.69 Å². The molecule has 1 rings (SSSR count). The van der Waals surface area contributed by atoms with Crippen molar-refractivity contribution in [1.82, 2.24) is 0 Å². The van der Waals surface area contributed by atoms with Crippen LogP contribution in [0.5, 0.6) is 5.75 Å². The van der Waals surface area contributed by atoms with E-state index in [1.807, 2.05) is 13.0 Å². The van der Waals surface area contributed by atoms with Gasteiger partial charge in [0.15, 0.2) is 0 Å². The maximum Gasteiger partial charge on any atom is 0.269 e. The lowest BCUT2D eigenvalue weighted by Crippen LogP contribution is -1.92. The van der Waals surface area contributed by atoms with Crippen LogP contribution in [-0.4, -0.2) is 4.92 Å². The molecule has 0 saturated heterocycles. The average molecular weight is 245 g/mol. The molecular weight excluding hydrogens is 230 g/mol. The van der Waals surface area contributed by atoms with Crippen molar-refractivity contribution in [2.45, 2.75) is 13.3 Å². The molecule has 0 unspecified atom stereocenters. The number of ether oxygens (including phenoxy) is 1. The highest BCUT2D eigenvalue weighted by molar-refractivity contribution is 5.37. The number of nitro groups is 1. The van der Waals surface area contributed by atoms with E-state index in [0.717, 1.165) is 12.0 Å². The number of non-ortho nitro benzene ring substituents is 1. The molecule has 0 aliphatic carbocycles. The van der Waals surface area contributed by atoms with Crippen molar-refractivity contribution in [2.24, 2.45) is 0 Å². The van der Waals surface area contributed by atoms with Crippen LogP contribution in [0, 0.1) is 10.1 Å². The lowest BCUT2D eigenvalue weighted by atomic mass is 10.2. The number of rotatable bonds is 6. The van der Waals surface area contributed by atoms with E-state index in [1.54, 1.807) is 6.08 Å². The van der Waals surface area contributed by atoms with Crippen LogP contribution in [0.25, 0.3) is 0 Å². The van der Waals surface area contributed by atoms with Crippen molar-refractivity contribution < 1.29 is 9.66 Å². The van der Waals surface area contributed by atoms with Crippen molar-refractivity contribution in [2.75, 3.05) is 0 Å². The fourth-order valence-electron chi connectivity index (χ4n) is 1.15. The van der Waals surface area contributed by atoms with Crippen LogP contribution in [0.15, 0.2) is 60.9 Å². The molecule has 0 aromatic heterocycles. The molecule has 0 fully saturated rings. The predicted molar refractivity (Wildman–Crippen MR) is 71.4 cm³/mol. The van der Waals surface area contributed by atoms with Crippen LogP contribution >= 0.6 is 0 Å². The quantitative estimate of drug-likeness (QED) is 0.329. The highest BCUT2D eigenvalue weighted by Crippen LogP contribution is 2.19. The smallest absolute Gasteiger partial charge is 0.269 e. The fraction of sp³-hybridized carbons (Fsp3) is 0.143. The molecule has 0 N–H and O–H groups in total. The van der Waals surface area contributed by atoms with Crippen LogP contribution in [-0.2, 0) is 0 Å². The zero-order valence-electron chi connectivity index (χ0n) is 10.3. The molecule has 0 bridgehead atoms. The third-order valence-corrected chi connectivity index (χ3v) is 2.26. The molecule has 0 atom stereocenters. The highest BCUT2D eigenvalue weighted by Gasteiger charge is 2.04. The second-order valence-electron chi connectivity index (χ2n) is 3.66. The summed E-state index contributed by atoms with van der Waals surface area (Å²) in [6.45, 7) is 9.56. The second-order valence-corrected chi connectivity index (χ2v) is 3.66. The van der Waals surface area contributed by atoms with E-state index in [9.17, 15) is 10.1 Å². The molecule has 18 heavy (non-hydrogen) atoms. The Hall–Kier alpha value is -2.36. The third-order valence-electron chi connectivity index (χ3n) is 2.26. The van der Waals surface area contributed by atoms with Gasteiger partial charge >= 0.3 is 0 Å². The van der Waals surface area contributed by atoms with E-state index in [-0.39, 0.29) is 5.69 Å². The van der Waals surface area contributed by atoms with Gasteiger partial charge in [-0.25, -0.2) is 0 Å². The summed E-state index contributed by atoms with van der Waals surface area (Å²) < 4.78 is 5.40. The van der Waals surface area contributed by atoms with E-state index in [0.29, 0.717) is 11.5 Å². The second kappa shape index (κ2) is 6.39. The van der Waals surface area contributed by atoms with Gasteiger partial charge in [0.1, 0.15) is 11.5 Å². The first-order valence-corrected chi connectivity index (χ1v) is 5.50. The Labute approximate surface area is 106 Å². The number of nitro benzene ring substituents is 1. The molecule has 94 valence electrons. The predicted octanol–water partition coefficient (Wildman–Crippen LogP) is 4.01. The zero-order chi connectivity index (χ0) is 13.5. The summed E-state index contributed by atoms with van der Waals surface area (Å²) in [5.74, 6) is 0.968. The summed E-state index contributed by atoms with van der Waals surface area (Å²) in [5, 5.41) is 10.5. The monoisotopic (exact) mass is 245 g/mol. The summed E-state index contributed by atoms with van der Waals surface area (Å²) in [7, 11) is 0. The number of hydrogen-bond acceptors (Lipinski definition) is 3. The van der Waals surface area contributed by atoms with Gasteiger partial charge in [0, 0.05) is 12.1 Å². The summed E-state index contributed by atoms with van der Waals surface area (Å²) in [6.07, 6.45) is 4.41. The SMILES string of the molecule is C=C(/C=C\C(=C)Oc1ccc([N+](=O)[O-])cc1)CC. The Morgan fingerprint density at radius 2 is 1.94 bits per heavy atom. The van der Waals surface area contributed by atoms with Crippen molar-refractivity contribution in [1.29, 1.82) is 0 Å². The molecule has 4 heteroatoms. The molecule has 0 aliphatic heterocycles. The van der Waals surface area contributed by atoms with Crippen LogP contribution in [0.2, 0.25) is 0 Å². The van der Waals surface area contributed by atoms with Gasteiger partial charge in [-0.05, 0) is 24.6 Å². The van der Waals surface area contributed by atoms with E-state index in [1.165, 1.54) is 24.3 Å². The summed E-state index contributed by atoms with van der Waals surface area (Å²) in [4.78, 5) is 10.0. The van der Waals surface area contributed by atoms with E-state index in [2.05, 4.69) is 13.2 Å². The largest absolute Gasteiger partial charge is 0.458 e. The lowest BCUT2D eigenvalue weighted by Gasteiger charge is -2.04. The highest BCUT2D eigenvalue weighted by atomic mass is 16.6. The van der Waals surface area contributed by atoms with Gasteiger partial charge in [-0.2, -0.15) is 0 Å². The minimum absolute atomic E-state index is 0.0304. The zero-order valence-corrected chi connectivity index (χ0v) is 10.3. The summed E-state index contributed by atoms with van der Waals surface area (Å²) >= 11 is 0. The van der Waals surface area contributed by atoms with Gasteiger partial charge in [-0.1, -0.05) is 31.7 Å². The lowest BCUT2D eigenvalue weighted by molar-refractivity contribution is -0.384. The molecule has 0 aliphatic rings. The Bertz CT molecular complexity index is 486. The van der Waals surface area contributed by atoms with Gasteiger partial charge in [-0.3, -0.25) is 10.1 Å². The van der Waals surface area contributed by atoms with Gasteiger partial charge in [-0.15, -0.1) is 0 Å². The fourth-order valence-corrected chi connectivity index (χ4v) is 1.15. The Kier molecular flexibility index (Phi) is 4.87. The molecule has 0 heterocycles. The van der Waals surface area contributed by atoms with Crippen molar-refractivity contribution in [3.63, 3.8) is 0 Å². The Morgan fingerprint density at radius 3 is 2.44 bits per heavy atom. The third kappa shape index (κ3) is 4.25. The number of hydrogen-bond donors (Lipinski definition) is 0. The molecule has 0 saturated carbocycles. The standard InChI is InChI=1S/C14H15NO3/c1-4-11(2)5-6-12(3)18-14-9-7-13(8-10-14)15(16)17/h5-10H,2-4H2,1H3/b6-5-. The van der Waals surface area contributed by atoms with Crippen LogP contribution in [0.3, 0.4) is 0 Å². The molecule has 0 radical (unpaired) electrons. The maximum atomic E-state index is 10.5. The van der Waals surface area contributed by atoms with Crippen LogP contribution in [0.1, 0.15) is 13.3 Å². The van der Waals surface area contributed by atoms with E-state index < -0.39 is 4.92 Å². The van der Waals surface area contributed by atoms with Crippen molar-refractivity contribution in [3.05, 3.63) is 71.0 Å². The molecule has 1 aromatic carbocycles. The first-order chi connectivity index (χ1) is 8.52. The first kappa shape index (κ1) is 13.7. The van der Waals surface area contributed by atoms with E-state index >= 15 is 0 Å². The topological polar surface area (TPSA) is 52.4 Å². The normalized spacial score (nSPS) is 10.3. The molecule has 1 aromatic rings. The molecule has 0 spiro atoms. The van der Waals surface area contributed by atoms with Gasteiger partial charge < -0.3 is 4.74 Å². The van der Waals surface area contributed by atoms with Gasteiger partial charge in [0.2, 0.25) is 0 Å². The summed E-state index contributed by atoms with van der Waals surface area (Å²) in [5.41, 5.74) is 1.01. The van der Waals surface area contributed by atoms with E-state index in [4.69, 9.17) is 4.74 Å². The first-order valence-electron chi connectivity index (χ1n) is 5.50. The minimum atomic E-state index is -0.455. The number of nitrogens with zero attached hydrogens (tertiary/aromatic N) is 1. The number of benzene rings is 1.